The van der Waals surface area contributed by atoms with Crippen LogP contribution in [-0.4, -0.2) is 0 Å². The molecule has 7 aromatic carbocycles. The van der Waals surface area contributed by atoms with Crippen LogP contribution < -0.4 is 0 Å². The molecule has 0 bridgehead atoms. The van der Waals surface area contributed by atoms with E-state index < -0.39 is 12.1 Å². The molecule has 0 N–H and O–H groups in total. The third-order valence-corrected chi connectivity index (χ3v) is 7.11. The van der Waals surface area contributed by atoms with Crippen molar-refractivity contribution in [1.82, 2.24) is 0 Å². The predicted octanol–water partition coefficient (Wildman–Crippen LogP) is 10.4. The van der Waals surface area contributed by atoms with Crippen molar-refractivity contribution in [2.45, 2.75) is 0 Å². The summed E-state index contributed by atoms with van der Waals surface area (Å²) >= 11 is 0. The number of furan rings is 1. The Kier molecular flexibility index (Phi) is 2.96. The van der Waals surface area contributed by atoms with Crippen molar-refractivity contribution >= 4 is 54.1 Å². The van der Waals surface area contributed by atoms with Crippen LogP contribution in [0.15, 0.2) is 138 Å². The Balaban J connectivity index is 1.62. The van der Waals surface area contributed by atoms with E-state index in [0.717, 1.165) is 21.5 Å². The maximum Gasteiger partial charge on any atom is 0.142 e. The molecule has 0 aliphatic rings. The zero-order valence-corrected chi connectivity index (χ0v) is 19.5. The van der Waals surface area contributed by atoms with Crippen molar-refractivity contribution in [3.8, 4) is 22.3 Å². The van der Waals surface area contributed by atoms with Crippen molar-refractivity contribution < 1.29 is 15.4 Å². The largest absolute Gasteiger partial charge is 0.463 e. The van der Waals surface area contributed by atoms with Crippen LogP contribution in [0.5, 0.6) is 0 Å². The molecule has 0 radical (unpaired) electrons. The molecule has 37 heavy (non-hydrogen) atoms. The minimum atomic E-state index is -0.477. The van der Waals surface area contributed by atoms with Gasteiger partial charge in [0.15, 0.2) is 0 Å². The second-order valence-electron chi connectivity index (χ2n) is 9.09. The molecule has 0 fully saturated rings. The van der Waals surface area contributed by atoms with Crippen LogP contribution in [0.3, 0.4) is 0 Å². The van der Waals surface area contributed by atoms with Gasteiger partial charge < -0.3 is 4.42 Å². The summed E-state index contributed by atoms with van der Waals surface area (Å²) in [5, 5.41) is 5.17. The second kappa shape index (κ2) is 7.81. The van der Waals surface area contributed by atoms with Crippen molar-refractivity contribution in [2.24, 2.45) is 0 Å². The van der Waals surface area contributed by atoms with E-state index in [0.29, 0.717) is 33.0 Å². The van der Waals surface area contributed by atoms with E-state index in [1.54, 1.807) is 24.3 Å². The van der Waals surface area contributed by atoms with Crippen LogP contribution in [0.4, 0.5) is 0 Å². The van der Waals surface area contributed by atoms with Gasteiger partial charge in [-0.15, -0.1) is 0 Å². The lowest BCUT2D eigenvalue weighted by Crippen LogP contribution is -1.89. The van der Waals surface area contributed by atoms with Gasteiger partial charge in [0, 0.05) is 16.3 Å². The molecule has 0 unspecified atom stereocenters. The van der Waals surface area contributed by atoms with E-state index in [-0.39, 0.29) is 58.0 Å². The van der Waals surface area contributed by atoms with E-state index in [9.17, 15) is 2.74 Å². The Bertz CT molecular complexity index is 2570. The Morgan fingerprint density at radius 2 is 1.30 bits per heavy atom. The average molecular weight is 479 g/mol. The summed E-state index contributed by atoms with van der Waals surface area (Å²) in [6, 6.07) is 22.2. The average Bonchev–Trinajstić information content (AvgIpc) is 3.49. The standard InChI is InChI=1S/C36H22O/c1-2-10-24(11-3-1)34-28-15-7-5-12-25(28)21-26-13-8-16-30(35(26)34)33-22-37-36-31-18-17-23-9-4-6-14-27(23)29(31)19-20-32(33)36/h1-22H/i5D,7D,8D,12D,13D,15D,16D,21D. The molecule has 172 valence electrons. The fraction of sp³-hybridized carbons (Fsp3) is 0. The SMILES string of the molecule is [2H]c1c([2H])c([2H])c2c(-c3ccccc3)c3c(-c4coc5c4ccc4c6ccccc6ccc45)c([2H])c([2H])c([2H])c3c([2H])c2c1[2H]. The van der Waals surface area contributed by atoms with Gasteiger partial charge in [-0.1, -0.05) is 109 Å². The zero-order valence-electron chi connectivity index (χ0n) is 27.5. The van der Waals surface area contributed by atoms with Gasteiger partial charge in [-0.3, -0.25) is 0 Å². The second-order valence-corrected chi connectivity index (χ2v) is 9.09. The van der Waals surface area contributed by atoms with Gasteiger partial charge in [0.05, 0.1) is 17.2 Å². The maximum atomic E-state index is 9.24. The van der Waals surface area contributed by atoms with E-state index in [2.05, 4.69) is 6.07 Å². The Labute approximate surface area is 225 Å². The summed E-state index contributed by atoms with van der Waals surface area (Å²) in [6.07, 6.45) is 1.54. The van der Waals surface area contributed by atoms with Crippen LogP contribution in [0, 0.1) is 0 Å². The Morgan fingerprint density at radius 1 is 0.514 bits per heavy atom. The molecule has 0 atom stereocenters. The smallest absolute Gasteiger partial charge is 0.142 e. The van der Waals surface area contributed by atoms with E-state index in [1.165, 1.54) is 6.26 Å². The fourth-order valence-electron chi connectivity index (χ4n) is 5.46. The normalized spacial score (nSPS) is 14.8. The van der Waals surface area contributed by atoms with Crippen molar-refractivity contribution in [2.75, 3.05) is 0 Å². The van der Waals surface area contributed by atoms with Crippen LogP contribution in [0.25, 0.3) is 76.3 Å². The topological polar surface area (TPSA) is 13.1 Å². The van der Waals surface area contributed by atoms with Gasteiger partial charge in [-0.2, -0.15) is 0 Å². The number of benzene rings is 7. The number of rotatable bonds is 2. The minimum absolute atomic E-state index is 0.0288. The zero-order chi connectivity index (χ0) is 31.3. The number of hydrogen-bond acceptors (Lipinski definition) is 1. The molecular weight excluding hydrogens is 448 g/mol. The summed E-state index contributed by atoms with van der Waals surface area (Å²) in [7, 11) is 0. The highest BCUT2D eigenvalue weighted by molar-refractivity contribution is 6.22. The lowest BCUT2D eigenvalue weighted by molar-refractivity contribution is 0.620. The highest BCUT2D eigenvalue weighted by atomic mass is 16.3. The molecule has 1 aromatic heterocycles. The number of hydrogen-bond donors (Lipinski definition) is 0. The molecule has 8 aromatic rings. The van der Waals surface area contributed by atoms with Crippen molar-refractivity contribution in [3.63, 3.8) is 0 Å². The predicted molar refractivity (Wildman–Crippen MR) is 157 cm³/mol. The van der Waals surface area contributed by atoms with Gasteiger partial charge in [-0.05, 0) is 72.6 Å². The minimum Gasteiger partial charge on any atom is -0.463 e. The molecule has 0 aliphatic heterocycles. The first-order valence-electron chi connectivity index (χ1n) is 16.0. The fourth-order valence-corrected chi connectivity index (χ4v) is 5.46. The lowest BCUT2D eigenvalue weighted by Gasteiger charge is -2.15. The molecule has 0 amide bonds. The summed E-state index contributed by atoms with van der Waals surface area (Å²) in [5.74, 6) is 0. The molecular formula is C36H22O. The van der Waals surface area contributed by atoms with Crippen LogP contribution >= 0.6 is 0 Å². The summed E-state index contributed by atoms with van der Waals surface area (Å²) in [6.45, 7) is 0. The third-order valence-electron chi connectivity index (χ3n) is 7.11. The summed E-state index contributed by atoms with van der Waals surface area (Å²) < 4.78 is 76.9. The first-order chi connectivity index (χ1) is 21.7. The van der Waals surface area contributed by atoms with Crippen molar-refractivity contribution in [1.29, 1.82) is 0 Å². The maximum absolute atomic E-state index is 9.24. The highest BCUT2D eigenvalue weighted by Gasteiger charge is 2.18. The first-order valence-corrected chi connectivity index (χ1v) is 12.0. The lowest BCUT2D eigenvalue weighted by atomic mass is 9.87. The van der Waals surface area contributed by atoms with Crippen LogP contribution in [-0.2, 0) is 0 Å². The summed E-state index contributed by atoms with van der Waals surface area (Å²) in [5.41, 5.74) is 2.34. The van der Waals surface area contributed by atoms with E-state index in [1.807, 2.05) is 48.5 Å². The van der Waals surface area contributed by atoms with Gasteiger partial charge in [0.2, 0.25) is 0 Å². The quantitative estimate of drug-likeness (QED) is 0.178. The Morgan fingerprint density at radius 3 is 2.24 bits per heavy atom. The van der Waals surface area contributed by atoms with Gasteiger partial charge >= 0.3 is 0 Å². The van der Waals surface area contributed by atoms with Gasteiger partial charge in [-0.25, -0.2) is 0 Å². The van der Waals surface area contributed by atoms with Gasteiger partial charge in [0.1, 0.15) is 5.58 Å². The molecule has 0 saturated heterocycles. The monoisotopic (exact) mass is 478 g/mol. The van der Waals surface area contributed by atoms with Crippen LogP contribution in [0.2, 0.25) is 0 Å². The molecule has 1 heterocycles. The molecule has 0 spiro atoms. The molecule has 0 saturated carbocycles. The Hall–Kier alpha value is -4.88. The van der Waals surface area contributed by atoms with Crippen LogP contribution in [0.1, 0.15) is 11.0 Å². The highest BCUT2D eigenvalue weighted by Crippen LogP contribution is 2.44. The number of fused-ring (bicyclic) bond motifs is 7. The summed E-state index contributed by atoms with van der Waals surface area (Å²) in [4.78, 5) is 0. The van der Waals surface area contributed by atoms with E-state index >= 15 is 0 Å². The molecule has 0 aliphatic carbocycles. The molecule has 8 rings (SSSR count). The molecule has 1 heteroatoms. The van der Waals surface area contributed by atoms with Gasteiger partial charge in [0.25, 0.3) is 0 Å². The van der Waals surface area contributed by atoms with Crippen molar-refractivity contribution in [3.05, 3.63) is 133 Å². The first kappa shape index (κ1) is 14.0. The molecule has 1 nitrogen and oxygen atoms in total. The van der Waals surface area contributed by atoms with E-state index in [4.69, 9.17) is 12.6 Å². The third kappa shape index (κ3) is 2.98.